The van der Waals surface area contributed by atoms with Crippen molar-refractivity contribution in [2.24, 2.45) is 0 Å². The SMILES string of the molecule is CC1=CC2=C(c3ccccc3)CCCC2=C1. The first kappa shape index (κ1) is 9.65. The first-order valence-corrected chi connectivity index (χ1v) is 6.02. The van der Waals surface area contributed by atoms with E-state index in [1.54, 1.807) is 5.57 Å². The Morgan fingerprint density at radius 1 is 0.938 bits per heavy atom. The van der Waals surface area contributed by atoms with Crippen molar-refractivity contribution in [3.05, 3.63) is 64.8 Å². The second-order valence-corrected chi connectivity index (χ2v) is 4.67. The van der Waals surface area contributed by atoms with E-state index < -0.39 is 0 Å². The summed E-state index contributed by atoms with van der Waals surface area (Å²) in [6, 6.07) is 10.8. The summed E-state index contributed by atoms with van der Waals surface area (Å²) in [4.78, 5) is 0. The predicted molar refractivity (Wildman–Crippen MR) is 69.1 cm³/mol. The lowest BCUT2D eigenvalue weighted by molar-refractivity contribution is 0.826. The third kappa shape index (κ3) is 1.55. The molecule has 0 heterocycles. The van der Waals surface area contributed by atoms with Crippen molar-refractivity contribution in [3.8, 4) is 0 Å². The molecule has 0 fully saturated rings. The molecule has 16 heavy (non-hydrogen) atoms. The lowest BCUT2D eigenvalue weighted by Crippen LogP contribution is -1.99. The van der Waals surface area contributed by atoms with Gasteiger partial charge in [0.05, 0.1) is 0 Å². The zero-order valence-corrected chi connectivity index (χ0v) is 9.66. The summed E-state index contributed by atoms with van der Waals surface area (Å²) in [7, 11) is 0. The first-order chi connectivity index (χ1) is 7.84. The van der Waals surface area contributed by atoms with E-state index >= 15 is 0 Å². The molecule has 1 aromatic rings. The van der Waals surface area contributed by atoms with Crippen LogP contribution in [0.3, 0.4) is 0 Å². The highest BCUT2D eigenvalue weighted by molar-refractivity contribution is 5.78. The summed E-state index contributed by atoms with van der Waals surface area (Å²) >= 11 is 0. The Labute approximate surface area is 97.0 Å². The normalized spacial score (nSPS) is 19.3. The zero-order chi connectivity index (χ0) is 11.0. The van der Waals surface area contributed by atoms with Crippen LogP contribution < -0.4 is 0 Å². The van der Waals surface area contributed by atoms with Gasteiger partial charge >= 0.3 is 0 Å². The molecule has 0 saturated heterocycles. The van der Waals surface area contributed by atoms with Gasteiger partial charge in [-0.25, -0.2) is 0 Å². The molecule has 0 unspecified atom stereocenters. The zero-order valence-electron chi connectivity index (χ0n) is 9.66. The molecule has 0 heteroatoms. The molecule has 0 bridgehead atoms. The lowest BCUT2D eigenvalue weighted by Gasteiger charge is -2.19. The summed E-state index contributed by atoms with van der Waals surface area (Å²) in [6.07, 6.45) is 8.45. The highest BCUT2D eigenvalue weighted by Crippen LogP contribution is 2.40. The van der Waals surface area contributed by atoms with Crippen molar-refractivity contribution >= 4 is 5.57 Å². The van der Waals surface area contributed by atoms with E-state index in [9.17, 15) is 0 Å². The van der Waals surface area contributed by atoms with E-state index in [1.165, 1.54) is 41.5 Å². The monoisotopic (exact) mass is 208 g/mol. The molecule has 0 radical (unpaired) electrons. The Hall–Kier alpha value is -1.56. The van der Waals surface area contributed by atoms with Gasteiger partial charge in [-0.3, -0.25) is 0 Å². The Morgan fingerprint density at radius 2 is 1.75 bits per heavy atom. The average molecular weight is 208 g/mol. The van der Waals surface area contributed by atoms with Gasteiger partial charge in [-0.2, -0.15) is 0 Å². The van der Waals surface area contributed by atoms with Crippen LogP contribution in [0.5, 0.6) is 0 Å². The highest BCUT2D eigenvalue weighted by atomic mass is 14.2. The number of allylic oxidation sites excluding steroid dienone is 6. The van der Waals surface area contributed by atoms with Gasteiger partial charge in [0.1, 0.15) is 0 Å². The van der Waals surface area contributed by atoms with Crippen molar-refractivity contribution < 1.29 is 0 Å². The molecule has 0 atom stereocenters. The molecule has 3 rings (SSSR count). The van der Waals surface area contributed by atoms with E-state index in [0.717, 1.165) is 0 Å². The minimum absolute atomic E-state index is 1.22. The number of hydrogen-bond donors (Lipinski definition) is 0. The average Bonchev–Trinajstić information content (AvgIpc) is 2.70. The highest BCUT2D eigenvalue weighted by Gasteiger charge is 2.19. The molecule has 0 aliphatic heterocycles. The second kappa shape index (κ2) is 3.79. The van der Waals surface area contributed by atoms with Crippen LogP contribution in [-0.2, 0) is 0 Å². The molecule has 0 amide bonds. The van der Waals surface area contributed by atoms with Gasteiger partial charge < -0.3 is 0 Å². The third-order valence-electron chi connectivity index (χ3n) is 3.44. The summed E-state index contributed by atoms with van der Waals surface area (Å²) in [6.45, 7) is 2.20. The molecule has 2 aliphatic rings. The van der Waals surface area contributed by atoms with Crippen LogP contribution in [0.25, 0.3) is 5.57 Å². The van der Waals surface area contributed by atoms with Crippen LogP contribution in [0.2, 0.25) is 0 Å². The smallest absolute Gasteiger partial charge is 0.0184 e. The number of rotatable bonds is 1. The molecule has 0 spiro atoms. The van der Waals surface area contributed by atoms with Gasteiger partial charge in [-0.05, 0) is 48.5 Å². The molecule has 0 aromatic heterocycles. The Balaban J connectivity index is 2.14. The van der Waals surface area contributed by atoms with Gasteiger partial charge in [0.15, 0.2) is 0 Å². The van der Waals surface area contributed by atoms with Crippen LogP contribution in [-0.4, -0.2) is 0 Å². The molecule has 2 aliphatic carbocycles. The topological polar surface area (TPSA) is 0 Å². The lowest BCUT2D eigenvalue weighted by atomic mass is 9.85. The first-order valence-electron chi connectivity index (χ1n) is 6.02. The van der Waals surface area contributed by atoms with Gasteiger partial charge in [0, 0.05) is 0 Å². The van der Waals surface area contributed by atoms with E-state index in [0.29, 0.717) is 0 Å². The molecule has 80 valence electrons. The summed E-state index contributed by atoms with van der Waals surface area (Å²) < 4.78 is 0. The van der Waals surface area contributed by atoms with E-state index in [1.807, 2.05) is 0 Å². The molecule has 1 aromatic carbocycles. The summed E-state index contributed by atoms with van der Waals surface area (Å²) in [5.74, 6) is 0. The quantitative estimate of drug-likeness (QED) is 0.637. The Kier molecular flexibility index (Phi) is 2.28. The van der Waals surface area contributed by atoms with E-state index in [2.05, 4.69) is 49.4 Å². The standard InChI is InChI=1S/C16H16/c1-12-10-14-8-5-9-15(16(14)11-12)13-6-3-2-4-7-13/h2-4,6-7,10-11H,5,8-9H2,1H3. The second-order valence-electron chi connectivity index (χ2n) is 4.67. The van der Waals surface area contributed by atoms with Crippen LogP contribution in [0.15, 0.2) is 59.2 Å². The fraction of sp³-hybridized carbons (Fsp3) is 0.250. The molecule has 0 N–H and O–H groups in total. The van der Waals surface area contributed by atoms with Gasteiger partial charge in [0.2, 0.25) is 0 Å². The van der Waals surface area contributed by atoms with Crippen LogP contribution in [0, 0.1) is 0 Å². The largest absolute Gasteiger partial charge is 0.0622 e. The maximum atomic E-state index is 2.34. The fourth-order valence-electron chi connectivity index (χ4n) is 2.73. The summed E-state index contributed by atoms with van der Waals surface area (Å²) in [5, 5.41) is 0. The van der Waals surface area contributed by atoms with Crippen LogP contribution in [0.4, 0.5) is 0 Å². The minimum Gasteiger partial charge on any atom is -0.0622 e. The molecule has 0 saturated carbocycles. The van der Waals surface area contributed by atoms with E-state index in [4.69, 9.17) is 0 Å². The summed E-state index contributed by atoms with van der Waals surface area (Å²) in [5.41, 5.74) is 7.38. The van der Waals surface area contributed by atoms with Crippen LogP contribution >= 0.6 is 0 Å². The number of benzene rings is 1. The van der Waals surface area contributed by atoms with E-state index in [-0.39, 0.29) is 0 Å². The minimum atomic E-state index is 1.22. The van der Waals surface area contributed by atoms with Crippen molar-refractivity contribution in [1.82, 2.24) is 0 Å². The van der Waals surface area contributed by atoms with Crippen LogP contribution in [0.1, 0.15) is 31.7 Å². The van der Waals surface area contributed by atoms with Crippen molar-refractivity contribution in [3.63, 3.8) is 0 Å². The Morgan fingerprint density at radius 3 is 2.56 bits per heavy atom. The fourth-order valence-corrected chi connectivity index (χ4v) is 2.73. The van der Waals surface area contributed by atoms with Crippen molar-refractivity contribution in [1.29, 1.82) is 0 Å². The molecule has 0 nitrogen and oxygen atoms in total. The van der Waals surface area contributed by atoms with Crippen molar-refractivity contribution in [2.45, 2.75) is 26.2 Å². The van der Waals surface area contributed by atoms with Gasteiger partial charge in [0.25, 0.3) is 0 Å². The number of fused-ring (bicyclic) bond motifs is 1. The third-order valence-corrected chi connectivity index (χ3v) is 3.44. The van der Waals surface area contributed by atoms with Gasteiger partial charge in [-0.15, -0.1) is 0 Å². The predicted octanol–water partition coefficient (Wildman–Crippen LogP) is 4.51. The maximum Gasteiger partial charge on any atom is -0.0184 e. The number of hydrogen-bond acceptors (Lipinski definition) is 0. The maximum absolute atomic E-state index is 2.34. The molecular formula is C16H16. The molecular weight excluding hydrogens is 192 g/mol. The van der Waals surface area contributed by atoms with Crippen molar-refractivity contribution in [2.75, 3.05) is 0 Å². The van der Waals surface area contributed by atoms with Gasteiger partial charge in [-0.1, -0.05) is 48.1 Å². The Bertz CT molecular complexity index is 498.